The van der Waals surface area contributed by atoms with Crippen LogP contribution in [0.15, 0.2) is 24.4 Å². The molecule has 0 aliphatic heterocycles. The maximum absolute atomic E-state index is 9.06. The number of nitrogens with two attached hydrogens (primary N) is 1. The van der Waals surface area contributed by atoms with E-state index in [1.807, 2.05) is 38.2 Å². The quantitative estimate of drug-likeness (QED) is 0.785. The third-order valence-corrected chi connectivity index (χ3v) is 2.45. The van der Waals surface area contributed by atoms with E-state index in [4.69, 9.17) is 11.0 Å². The lowest BCUT2D eigenvalue weighted by Gasteiger charge is -2.04. The summed E-state index contributed by atoms with van der Waals surface area (Å²) in [5.41, 5.74) is 9.00. The van der Waals surface area contributed by atoms with Crippen LogP contribution in [0.2, 0.25) is 0 Å². The predicted molar refractivity (Wildman–Crippen MR) is 62.2 cm³/mol. The molecule has 0 aliphatic carbocycles. The van der Waals surface area contributed by atoms with Crippen molar-refractivity contribution in [3.63, 3.8) is 0 Å². The van der Waals surface area contributed by atoms with Crippen LogP contribution in [0, 0.1) is 25.2 Å². The first kappa shape index (κ1) is 10.2. The number of anilines is 1. The summed E-state index contributed by atoms with van der Waals surface area (Å²) in [7, 11) is 0. The fourth-order valence-corrected chi connectivity index (χ4v) is 1.54. The lowest BCUT2D eigenvalue weighted by Crippen LogP contribution is -1.99. The molecule has 2 N–H and O–H groups in total. The van der Waals surface area contributed by atoms with Gasteiger partial charge in [-0.3, -0.25) is 0 Å². The summed E-state index contributed by atoms with van der Waals surface area (Å²) in [6.45, 7) is 3.84. The normalized spacial score (nSPS) is 10.1. The summed E-state index contributed by atoms with van der Waals surface area (Å²) < 4.78 is 1.64. The molecule has 0 radical (unpaired) electrons. The van der Waals surface area contributed by atoms with Crippen molar-refractivity contribution in [2.45, 2.75) is 13.8 Å². The number of aryl methyl sites for hydroxylation is 2. The van der Waals surface area contributed by atoms with Gasteiger partial charge < -0.3 is 5.73 Å². The Morgan fingerprint density at radius 3 is 2.69 bits per heavy atom. The van der Waals surface area contributed by atoms with Gasteiger partial charge in [0.05, 0.1) is 11.3 Å². The molecule has 0 atom stereocenters. The van der Waals surface area contributed by atoms with E-state index in [0.717, 1.165) is 16.8 Å². The van der Waals surface area contributed by atoms with Gasteiger partial charge in [0.25, 0.3) is 0 Å². The average Bonchev–Trinajstić information content (AvgIpc) is 2.59. The Morgan fingerprint density at radius 2 is 2.12 bits per heavy atom. The molecule has 80 valence electrons. The molecule has 0 spiro atoms. The third kappa shape index (κ3) is 1.63. The van der Waals surface area contributed by atoms with E-state index in [2.05, 4.69) is 11.2 Å². The number of benzene rings is 1. The Morgan fingerprint density at radius 1 is 1.38 bits per heavy atom. The summed E-state index contributed by atoms with van der Waals surface area (Å²) in [6.07, 6.45) is 1.82. The van der Waals surface area contributed by atoms with Crippen LogP contribution in [0.5, 0.6) is 0 Å². The Bertz CT molecular complexity index is 556. The van der Waals surface area contributed by atoms with E-state index in [1.54, 1.807) is 4.68 Å². The Kier molecular flexibility index (Phi) is 2.37. The molecule has 2 rings (SSSR count). The summed E-state index contributed by atoms with van der Waals surface area (Å²) in [5.74, 6) is 0.490. The van der Waals surface area contributed by atoms with Crippen molar-refractivity contribution in [2.24, 2.45) is 0 Å². The zero-order valence-corrected chi connectivity index (χ0v) is 9.23. The zero-order chi connectivity index (χ0) is 11.7. The Balaban J connectivity index is 2.60. The fraction of sp³-hybridized carbons (Fsp3) is 0.167. The number of hydrogen-bond donors (Lipinski definition) is 1. The molecule has 4 heteroatoms. The highest BCUT2D eigenvalue weighted by Crippen LogP contribution is 2.17. The Labute approximate surface area is 93.9 Å². The maximum atomic E-state index is 9.06. The number of nitriles is 1. The molecule has 0 saturated carbocycles. The molecule has 16 heavy (non-hydrogen) atoms. The van der Waals surface area contributed by atoms with Crippen LogP contribution in [0.1, 0.15) is 16.7 Å². The van der Waals surface area contributed by atoms with Gasteiger partial charge in [-0.2, -0.15) is 10.4 Å². The first-order valence-corrected chi connectivity index (χ1v) is 4.94. The van der Waals surface area contributed by atoms with Crippen LogP contribution in [0.25, 0.3) is 5.69 Å². The summed E-state index contributed by atoms with van der Waals surface area (Å²) in [5, 5.41) is 13.2. The molecule has 0 fully saturated rings. The minimum absolute atomic E-state index is 0.490. The summed E-state index contributed by atoms with van der Waals surface area (Å²) >= 11 is 0. The number of rotatable bonds is 1. The second-order valence-corrected chi connectivity index (χ2v) is 3.77. The zero-order valence-electron chi connectivity index (χ0n) is 9.23. The molecule has 1 aromatic carbocycles. The third-order valence-electron chi connectivity index (χ3n) is 2.45. The van der Waals surface area contributed by atoms with Crippen molar-refractivity contribution in [2.75, 3.05) is 5.73 Å². The van der Waals surface area contributed by atoms with Crippen molar-refractivity contribution in [1.82, 2.24) is 9.78 Å². The van der Waals surface area contributed by atoms with Crippen molar-refractivity contribution in [3.05, 3.63) is 41.1 Å². The molecule has 0 unspecified atom stereocenters. The standard InChI is InChI=1S/C12H12N4/c1-8-3-4-11(10(5-8)6-13)16-7-9(2)12(14)15-16/h3-5,7H,1-2H3,(H2,14,15). The van der Waals surface area contributed by atoms with Crippen LogP contribution in [0.4, 0.5) is 5.82 Å². The molecular weight excluding hydrogens is 200 g/mol. The van der Waals surface area contributed by atoms with Crippen LogP contribution < -0.4 is 5.73 Å². The number of nitrogens with zero attached hydrogens (tertiary/aromatic N) is 3. The Hall–Kier alpha value is -2.28. The van der Waals surface area contributed by atoms with Crippen LogP contribution >= 0.6 is 0 Å². The van der Waals surface area contributed by atoms with E-state index < -0.39 is 0 Å². The van der Waals surface area contributed by atoms with Gasteiger partial charge in [-0.15, -0.1) is 0 Å². The van der Waals surface area contributed by atoms with E-state index >= 15 is 0 Å². The lowest BCUT2D eigenvalue weighted by molar-refractivity contribution is 0.881. The molecule has 0 aliphatic rings. The second kappa shape index (κ2) is 3.70. The molecule has 0 saturated heterocycles. The first-order chi connectivity index (χ1) is 7.61. The lowest BCUT2D eigenvalue weighted by atomic mass is 10.1. The van der Waals surface area contributed by atoms with Crippen molar-refractivity contribution < 1.29 is 0 Å². The van der Waals surface area contributed by atoms with Gasteiger partial charge in [-0.05, 0) is 31.5 Å². The fourth-order valence-electron chi connectivity index (χ4n) is 1.54. The minimum atomic E-state index is 0.490. The molecule has 0 amide bonds. The van der Waals surface area contributed by atoms with Crippen molar-refractivity contribution >= 4 is 5.82 Å². The predicted octanol–water partition coefficient (Wildman–Crippen LogP) is 1.94. The minimum Gasteiger partial charge on any atom is -0.382 e. The molecule has 2 aromatic rings. The second-order valence-electron chi connectivity index (χ2n) is 3.77. The summed E-state index contributed by atoms with van der Waals surface area (Å²) in [4.78, 5) is 0. The highest BCUT2D eigenvalue weighted by atomic mass is 15.3. The van der Waals surface area contributed by atoms with E-state index in [-0.39, 0.29) is 0 Å². The van der Waals surface area contributed by atoms with E-state index in [0.29, 0.717) is 11.4 Å². The maximum Gasteiger partial charge on any atom is 0.148 e. The number of hydrogen-bond acceptors (Lipinski definition) is 3. The molecular formula is C12H12N4. The molecule has 1 heterocycles. The number of aromatic nitrogens is 2. The SMILES string of the molecule is Cc1ccc(-n2cc(C)c(N)n2)c(C#N)c1. The average molecular weight is 212 g/mol. The monoisotopic (exact) mass is 212 g/mol. The van der Waals surface area contributed by atoms with E-state index in [9.17, 15) is 0 Å². The smallest absolute Gasteiger partial charge is 0.148 e. The van der Waals surface area contributed by atoms with Gasteiger partial charge in [0.15, 0.2) is 0 Å². The highest BCUT2D eigenvalue weighted by Gasteiger charge is 2.07. The highest BCUT2D eigenvalue weighted by molar-refractivity contribution is 5.51. The number of nitrogen functional groups attached to an aromatic ring is 1. The molecule has 1 aromatic heterocycles. The largest absolute Gasteiger partial charge is 0.382 e. The van der Waals surface area contributed by atoms with Crippen LogP contribution in [-0.2, 0) is 0 Å². The molecule has 4 nitrogen and oxygen atoms in total. The van der Waals surface area contributed by atoms with Gasteiger partial charge in [0.1, 0.15) is 11.9 Å². The van der Waals surface area contributed by atoms with Gasteiger partial charge in [0, 0.05) is 11.8 Å². The van der Waals surface area contributed by atoms with Gasteiger partial charge >= 0.3 is 0 Å². The van der Waals surface area contributed by atoms with Crippen molar-refractivity contribution in [1.29, 1.82) is 5.26 Å². The van der Waals surface area contributed by atoms with Gasteiger partial charge in [-0.25, -0.2) is 4.68 Å². The van der Waals surface area contributed by atoms with Crippen LogP contribution in [0.3, 0.4) is 0 Å². The first-order valence-electron chi connectivity index (χ1n) is 4.94. The van der Waals surface area contributed by atoms with Crippen molar-refractivity contribution in [3.8, 4) is 11.8 Å². The summed E-state index contributed by atoms with van der Waals surface area (Å²) in [6, 6.07) is 7.82. The molecule has 0 bridgehead atoms. The topological polar surface area (TPSA) is 67.6 Å². The van der Waals surface area contributed by atoms with Gasteiger partial charge in [-0.1, -0.05) is 6.07 Å². The van der Waals surface area contributed by atoms with Gasteiger partial charge in [0.2, 0.25) is 0 Å². The van der Waals surface area contributed by atoms with Crippen LogP contribution in [-0.4, -0.2) is 9.78 Å². The van der Waals surface area contributed by atoms with E-state index in [1.165, 1.54) is 0 Å².